The van der Waals surface area contributed by atoms with Crippen molar-refractivity contribution in [2.24, 2.45) is 0 Å². The van der Waals surface area contributed by atoms with Gasteiger partial charge >= 0.3 is 0 Å². The van der Waals surface area contributed by atoms with Gasteiger partial charge < -0.3 is 9.47 Å². The third kappa shape index (κ3) is 2.89. The molecule has 2 aromatic carbocycles. The minimum absolute atomic E-state index is 0.0761. The van der Waals surface area contributed by atoms with Crippen LogP contribution in [0.15, 0.2) is 42.5 Å². The van der Waals surface area contributed by atoms with Gasteiger partial charge in [0.25, 0.3) is 0 Å². The van der Waals surface area contributed by atoms with E-state index in [1.165, 1.54) is 12.1 Å². The Morgan fingerprint density at radius 3 is 2.45 bits per heavy atom. The summed E-state index contributed by atoms with van der Waals surface area (Å²) in [4.78, 5) is 0. The summed E-state index contributed by atoms with van der Waals surface area (Å²) in [6.45, 7) is 1.84. The van der Waals surface area contributed by atoms with Crippen molar-refractivity contribution in [2.45, 2.75) is 13.0 Å². The van der Waals surface area contributed by atoms with Gasteiger partial charge in [-0.3, -0.25) is 0 Å². The maximum Gasteiger partial charge on any atom is 0.144 e. The minimum atomic E-state index is -0.577. The van der Waals surface area contributed by atoms with Crippen LogP contribution in [0.5, 0.6) is 11.5 Å². The first-order chi connectivity index (χ1) is 9.65. The van der Waals surface area contributed by atoms with Crippen molar-refractivity contribution in [3.8, 4) is 17.6 Å². The molecule has 3 nitrogen and oxygen atoms in total. The lowest BCUT2D eigenvalue weighted by molar-refractivity contribution is 0.225. The highest BCUT2D eigenvalue weighted by Crippen LogP contribution is 2.27. The van der Waals surface area contributed by atoms with Gasteiger partial charge in [0, 0.05) is 0 Å². The Kier molecular flexibility index (Phi) is 4.21. The predicted octanol–water partition coefficient (Wildman–Crippen LogP) is 3.85. The zero-order valence-corrected chi connectivity index (χ0v) is 11.3. The van der Waals surface area contributed by atoms with Crippen LogP contribution in [0, 0.1) is 17.1 Å². The third-order valence-corrected chi connectivity index (χ3v) is 2.98. The smallest absolute Gasteiger partial charge is 0.144 e. The third-order valence-electron chi connectivity index (χ3n) is 2.98. The summed E-state index contributed by atoms with van der Waals surface area (Å²) in [5.41, 5.74) is 0.840. The van der Waals surface area contributed by atoms with Crippen molar-refractivity contribution < 1.29 is 13.9 Å². The van der Waals surface area contributed by atoms with E-state index < -0.39 is 5.82 Å². The molecule has 0 saturated heterocycles. The Balaban J connectivity index is 2.21. The Hall–Kier alpha value is -2.54. The summed E-state index contributed by atoms with van der Waals surface area (Å²) in [7, 11) is 1.60. The number of halogens is 1. The fraction of sp³-hybridized carbons (Fsp3) is 0.188. The van der Waals surface area contributed by atoms with Gasteiger partial charge in [-0.15, -0.1) is 0 Å². The molecule has 0 aliphatic heterocycles. The monoisotopic (exact) mass is 271 g/mol. The lowest BCUT2D eigenvalue weighted by atomic mass is 10.1. The van der Waals surface area contributed by atoms with Gasteiger partial charge in [-0.1, -0.05) is 18.2 Å². The molecule has 1 unspecified atom stereocenters. The Labute approximate surface area is 117 Å². The molecule has 0 aromatic heterocycles. The van der Waals surface area contributed by atoms with Crippen molar-refractivity contribution in [2.75, 3.05) is 7.11 Å². The van der Waals surface area contributed by atoms with Crippen molar-refractivity contribution in [1.29, 1.82) is 5.26 Å². The molecule has 1 atom stereocenters. The zero-order chi connectivity index (χ0) is 14.5. The number of rotatable bonds is 4. The Morgan fingerprint density at radius 1 is 1.15 bits per heavy atom. The van der Waals surface area contributed by atoms with Crippen LogP contribution < -0.4 is 9.47 Å². The van der Waals surface area contributed by atoms with E-state index in [4.69, 9.17) is 14.7 Å². The fourth-order valence-electron chi connectivity index (χ4n) is 1.84. The summed E-state index contributed by atoms with van der Waals surface area (Å²) in [6.07, 6.45) is -0.296. The standard InChI is InChI=1S/C16H14FNO2/c1-11(12-6-8-13(19-2)9-7-12)20-16-5-3-4-15(17)14(16)10-18/h3-9,11H,1-2H3. The maximum absolute atomic E-state index is 13.5. The van der Waals surface area contributed by atoms with E-state index in [1.807, 2.05) is 37.3 Å². The van der Waals surface area contributed by atoms with Crippen LogP contribution in [0.4, 0.5) is 4.39 Å². The van der Waals surface area contributed by atoms with Crippen LogP contribution in [0.25, 0.3) is 0 Å². The number of hydrogen-bond acceptors (Lipinski definition) is 3. The zero-order valence-electron chi connectivity index (χ0n) is 11.3. The van der Waals surface area contributed by atoms with Crippen LogP contribution in [-0.4, -0.2) is 7.11 Å². The quantitative estimate of drug-likeness (QED) is 0.848. The average Bonchev–Trinajstić information content (AvgIpc) is 2.47. The van der Waals surface area contributed by atoms with E-state index in [-0.39, 0.29) is 17.4 Å². The van der Waals surface area contributed by atoms with E-state index in [0.717, 1.165) is 11.3 Å². The molecule has 20 heavy (non-hydrogen) atoms. The number of benzene rings is 2. The number of nitriles is 1. The van der Waals surface area contributed by atoms with Gasteiger partial charge in [-0.05, 0) is 36.8 Å². The summed E-state index contributed by atoms with van der Waals surface area (Å²) < 4.78 is 24.2. The molecule has 102 valence electrons. The highest BCUT2D eigenvalue weighted by molar-refractivity contribution is 5.44. The summed E-state index contributed by atoms with van der Waals surface area (Å²) >= 11 is 0. The largest absolute Gasteiger partial charge is 0.497 e. The maximum atomic E-state index is 13.5. The van der Waals surface area contributed by atoms with Crippen LogP contribution in [0.1, 0.15) is 24.2 Å². The number of ether oxygens (including phenoxy) is 2. The molecule has 0 amide bonds. The molecule has 2 rings (SSSR count). The molecular weight excluding hydrogens is 257 g/mol. The van der Waals surface area contributed by atoms with Gasteiger partial charge in [0.2, 0.25) is 0 Å². The summed E-state index contributed by atoms with van der Waals surface area (Å²) in [6, 6.07) is 13.6. The molecule has 0 N–H and O–H groups in total. The summed E-state index contributed by atoms with van der Waals surface area (Å²) in [5.74, 6) is 0.423. The molecule has 0 spiro atoms. The Morgan fingerprint density at radius 2 is 1.85 bits per heavy atom. The van der Waals surface area contributed by atoms with E-state index >= 15 is 0 Å². The lowest BCUT2D eigenvalue weighted by Gasteiger charge is -2.16. The van der Waals surface area contributed by atoms with Crippen molar-refractivity contribution in [3.63, 3.8) is 0 Å². The van der Waals surface area contributed by atoms with Crippen molar-refractivity contribution in [3.05, 3.63) is 59.4 Å². The van der Waals surface area contributed by atoms with Crippen LogP contribution in [-0.2, 0) is 0 Å². The molecular formula is C16H14FNO2. The normalized spacial score (nSPS) is 11.5. The highest BCUT2D eigenvalue weighted by Gasteiger charge is 2.13. The van der Waals surface area contributed by atoms with Crippen LogP contribution >= 0.6 is 0 Å². The number of nitrogens with zero attached hydrogens (tertiary/aromatic N) is 1. The second-order valence-electron chi connectivity index (χ2n) is 4.26. The number of hydrogen-bond donors (Lipinski definition) is 0. The van der Waals surface area contributed by atoms with Gasteiger partial charge in [-0.25, -0.2) is 4.39 Å². The number of methoxy groups -OCH3 is 1. The molecule has 0 bridgehead atoms. The van der Waals surface area contributed by atoms with Crippen molar-refractivity contribution in [1.82, 2.24) is 0 Å². The minimum Gasteiger partial charge on any atom is -0.497 e. The average molecular weight is 271 g/mol. The van der Waals surface area contributed by atoms with Crippen molar-refractivity contribution >= 4 is 0 Å². The first kappa shape index (κ1) is 13.9. The van der Waals surface area contributed by atoms with E-state index in [2.05, 4.69) is 0 Å². The molecule has 0 saturated carbocycles. The van der Waals surface area contributed by atoms with E-state index in [9.17, 15) is 4.39 Å². The second kappa shape index (κ2) is 6.07. The molecule has 4 heteroatoms. The summed E-state index contributed by atoms with van der Waals surface area (Å²) in [5, 5.41) is 8.96. The predicted molar refractivity (Wildman–Crippen MR) is 73.2 cm³/mol. The molecule has 0 radical (unpaired) electrons. The Bertz CT molecular complexity index is 632. The molecule has 0 heterocycles. The highest BCUT2D eigenvalue weighted by atomic mass is 19.1. The molecule has 2 aromatic rings. The molecule has 0 aliphatic carbocycles. The first-order valence-corrected chi connectivity index (χ1v) is 6.15. The second-order valence-corrected chi connectivity index (χ2v) is 4.26. The van der Waals surface area contributed by atoms with Gasteiger partial charge in [-0.2, -0.15) is 5.26 Å². The molecule has 0 fully saturated rings. The van der Waals surface area contributed by atoms with E-state index in [1.54, 1.807) is 13.2 Å². The van der Waals surface area contributed by atoms with Crippen LogP contribution in [0.3, 0.4) is 0 Å². The first-order valence-electron chi connectivity index (χ1n) is 6.15. The van der Waals surface area contributed by atoms with Gasteiger partial charge in [0.1, 0.15) is 35.1 Å². The SMILES string of the molecule is COc1ccc(C(C)Oc2cccc(F)c2C#N)cc1. The van der Waals surface area contributed by atoms with Gasteiger partial charge in [0.15, 0.2) is 0 Å². The van der Waals surface area contributed by atoms with Gasteiger partial charge in [0.05, 0.1) is 7.11 Å². The fourth-order valence-corrected chi connectivity index (χ4v) is 1.84. The lowest BCUT2D eigenvalue weighted by Crippen LogP contribution is -2.05. The topological polar surface area (TPSA) is 42.2 Å². The van der Waals surface area contributed by atoms with Crippen LogP contribution in [0.2, 0.25) is 0 Å². The van der Waals surface area contributed by atoms with E-state index in [0.29, 0.717) is 0 Å². The molecule has 0 aliphatic rings.